The SMILES string of the molecule is C(=C\[C@H]1CCC[C@@H](c2ccccc2)O1)/c1ccccc1. The Balaban J connectivity index is 1.65. The van der Waals surface area contributed by atoms with Gasteiger partial charge in [0.15, 0.2) is 0 Å². The lowest BCUT2D eigenvalue weighted by Gasteiger charge is -2.28. The fraction of sp³-hybridized carbons (Fsp3) is 0.263. The molecule has 102 valence electrons. The van der Waals surface area contributed by atoms with Crippen LogP contribution in [0.2, 0.25) is 0 Å². The van der Waals surface area contributed by atoms with Gasteiger partial charge in [-0.3, -0.25) is 0 Å². The van der Waals surface area contributed by atoms with Gasteiger partial charge >= 0.3 is 0 Å². The molecule has 1 aliphatic rings. The van der Waals surface area contributed by atoms with Crippen LogP contribution in [-0.4, -0.2) is 6.10 Å². The molecule has 0 aromatic heterocycles. The fourth-order valence-corrected chi connectivity index (χ4v) is 2.69. The van der Waals surface area contributed by atoms with Gasteiger partial charge in [-0.25, -0.2) is 0 Å². The van der Waals surface area contributed by atoms with Crippen LogP contribution in [0.25, 0.3) is 6.08 Å². The van der Waals surface area contributed by atoms with Crippen LogP contribution in [0.4, 0.5) is 0 Å². The predicted molar refractivity (Wildman–Crippen MR) is 83.4 cm³/mol. The van der Waals surface area contributed by atoms with Gasteiger partial charge < -0.3 is 4.74 Å². The molecule has 1 heterocycles. The molecule has 0 spiro atoms. The van der Waals surface area contributed by atoms with Crippen molar-refractivity contribution in [1.29, 1.82) is 0 Å². The molecule has 0 amide bonds. The molecule has 0 saturated carbocycles. The quantitative estimate of drug-likeness (QED) is 0.757. The van der Waals surface area contributed by atoms with Gasteiger partial charge in [-0.05, 0) is 30.4 Å². The summed E-state index contributed by atoms with van der Waals surface area (Å²) in [7, 11) is 0. The van der Waals surface area contributed by atoms with Gasteiger partial charge in [0.2, 0.25) is 0 Å². The van der Waals surface area contributed by atoms with Crippen molar-refractivity contribution in [2.24, 2.45) is 0 Å². The maximum Gasteiger partial charge on any atom is 0.0833 e. The molecular weight excluding hydrogens is 244 g/mol. The van der Waals surface area contributed by atoms with E-state index >= 15 is 0 Å². The third kappa shape index (κ3) is 3.37. The van der Waals surface area contributed by atoms with E-state index in [1.807, 2.05) is 6.07 Å². The van der Waals surface area contributed by atoms with E-state index in [2.05, 4.69) is 66.7 Å². The van der Waals surface area contributed by atoms with Crippen molar-refractivity contribution in [2.75, 3.05) is 0 Å². The minimum atomic E-state index is 0.231. The molecule has 0 N–H and O–H groups in total. The molecule has 0 unspecified atom stereocenters. The molecule has 1 aliphatic heterocycles. The Morgan fingerprint density at radius 1 is 0.850 bits per heavy atom. The lowest BCUT2D eigenvalue weighted by molar-refractivity contribution is -0.0263. The van der Waals surface area contributed by atoms with Crippen molar-refractivity contribution in [3.63, 3.8) is 0 Å². The Kier molecular flexibility index (Phi) is 4.29. The van der Waals surface area contributed by atoms with Crippen LogP contribution in [0.1, 0.15) is 36.5 Å². The molecular formula is C19H20O. The van der Waals surface area contributed by atoms with Gasteiger partial charge in [-0.2, -0.15) is 0 Å². The molecule has 2 atom stereocenters. The minimum absolute atomic E-state index is 0.231. The van der Waals surface area contributed by atoms with E-state index in [0.717, 1.165) is 12.8 Å². The lowest BCUT2D eigenvalue weighted by atomic mass is 9.98. The normalized spacial score (nSPS) is 23.0. The highest BCUT2D eigenvalue weighted by atomic mass is 16.5. The van der Waals surface area contributed by atoms with E-state index in [-0.39, 0.29) is 12.2 Å². The third-order valence-corrected chi connectivity index (χ3v) is 3.77. The van der Waals surface area contributed by atoms with Gasteiger partial charge in [0.1, 0.15) is 0 Å². The van der Waals surface area contributed by atoms with E-state index < -0.39 is 0 Å². The van der Waals surface area contributed by atoms with Crippen LogP contribution in [0, 0.1) is 0 Å². The van der Waals surface area contributed by atoms with Crippen LogP contribution in [0.5, 0.6) is 0 Å². The van der Waals surface area contributed by atoms with Crippen LogP contribution < -0.4 is 0 Å². The van der Waals surface area contributed by atoms with Crippen molar-refractivity contribution in [1.82, 2.24) is 0 Å². The van der Waals surface area contributed by atoms with Gasteiger partial charge in [0.25, 0.3) is 0 Å². The maximum absolute atomic E-state index is 6.21. The standard InChI is InChI=1S/C19H20O/c1-3-8-16(9-4-1)14-15-18-12-7-13-19(20-18)17-10-5-2-6-11-17/h1-6,8-11,14-15,18-19H,7,12-13H2/b15-14+/t18-,19+/m1/s1. The van der Waals surface area contributed by atoms with Crippen LogP contribution in [0.15, 0.2) is 66.7 Å². The summed E-state index contributed by atoms with van der Waals surface area (Å²) in [5, 5.41) is 0. The van der Waals surface area contributed by atoms with E-state index in [0.29, 0.717) is 0 Å². The second-order valence-corrected chi connectivity index (χ2v) is 5.27. The average Bonchev–Trinajstić information content (AvgIpc) is 2.55. The second kappa shape index (κ2) is 6.53. The van der Waals surface area contributed by atoms with Crippen LogP contribution in [-0.2, 0) is 4.74 Å². The van der Waals surface area contributed by atoms with Gasteiger partial charge in [0.05, 0.1) is 12.2 Å². The van der Waals surface area contributed by atoms with Gasteiger partial charge in [0, 0.05) is 0 Å². The zero-order chi connectivity index (χ0) is 13.6. The summed E-state index contributed by atoms with van der Waals surface area (Å²) in [5.41, 5.74) is 2.53. The molecule has 1 heteroatoms. The fourth-order valence-electron chi connectivity index (χ4n) is 2.69. The Hall–Kier alpha value is -1.86. The Bertz CT molecular complexity index is 544. The van der Waals surface area contributed by atoms with Crippen molar-refractivity contribution in [2.45, 2.75) is 31.5 Å². The highest BCUT2D eigenvalue weighted by Crippen LogP contribution is 2.31. The van der Waals surface area contributed by atoms with E-state index in [1.165, 1.54) is 17.5 Å². The van der Waals surface area contributed by atoms with Crippen LogP contribution in [0.3, 0.4) is 0 Å². The molecule has 0 radical (unpaired) electrons. The molecule has 2 aromatic rings. The van der Waals surface area contributed by atoms with Crippen molar-refractivity contribution in [3.8, 4) is 0 Å². The smallest absolute Gasteiger partial charge is 0.0833 e. The van der Waals surface area contributed by atoms with E-state index in [4.69, 9.17) is 4.74 Å². The van der Waals surface area contributed by atoms with E-state index in [1.54, 1.807) is 0 Å². The predicted octanol–water partition coefficient (Wildman–Crippen LogP) is 5.01. The monoisotopic (exact) mass is 264 g/mol. The molecule has 3 rings (SSSR count). The Morgan fingerprint density at radius 3 is 2.30 bits per heavy atom. The molecule has 20 heavy (non-hydrogen) atoms. The third-order valence-electron chi connectivity index (χ3n) is 3.77. The summed E-state index contributed by atoms with van der Waals surface area (Å²) < 4.78 is 6.21. The molecule has 1 nitrogen and oxygen atoms in total. The first kappa shape index (κ1) is 13.1. The molecule has 2 aromatic carbocycles. The number of benzene rings is 2. The summed E-state index contributed by atoms with van der Waals surface area (Å²) >= 11 is 0. The number of hydrogen-bond acceptors (Lipinski definition) is 1. The summed E-state index contributed by atoms with van der Waals surface area (Å²) in [5.74, 6) is 0. The first-order valence-electron chi connectivity index (χ1n) is 7.35. The number of ether oxygens (including phenoxy) is 1. The van der Waals surface area contributed by atoms with Crippen molar-refractivity contribution < 1.29 is 4.74 Å². The highest BCUT2D eigenvalue weighted by molar-refractivity contribution is 5.49. The first-order valence-corrected chi connectivity index (χ1v) is 7.35. The topological polar surface area (TPSA) is 9.23 Å². The van der Waals surface area contributed by atoms with Crippen molar-refractivity contribution >= 4 is 6.08 Å². The van der Waals surface area contributed by atoms with Gasteiger partial charge in [-0.15, -0.1) is 0 Å². The average molecular weight is 264 g/mol. The number of hydrogen-bond donors (Lipinski definition) is 0. The first-order chi connectivity index (χ1) is 9.92. The zero-order valence-corrected chi connectivity index (χ0v) is 11.6. The second-order valence-electron chi connectivity index (χ2n) is 5.27. The molecule has 0 bridgehead atoms. The minimum Gasteiger partial charge on any atom is -0.366 e. The summed E-state index contributed by atoms with van der Waals surface area (Å²) in [6.07, 6.45) is 8.31. The Morgan fingerprint density at radius 2 is 1.55 bits per heavy atom. The van der Waals surface area contributed by atoms with Gasteiger partial charge in [-0.1, -0.05) is 72.8 Å². The lowest BCUT2D eigenvalue weighted by Crippen LogP contribution is -2.20. The highest BCUT2D eigenvalue weighted by Gasteiger charge is 2.21. The van der Waals surface area contributed by atoms with Crippen LogP contribution >= 0.6 is 0 Å². The molecule has 1 fully saturated rings. The summed E-state index contributed by atoms with van der Waals surface area (Å²) in [6, 6.07) is 21.0. The van der Waals surface area contributed by atoms with E-state index in [9.17, 15) is 0 Å². The Labute approximate surface area is 120 Å². The van der Waals surface area contributed by atoms with Crippen molar-refractivity contribution in [3.05, 3.63) is 77.9 Å². The molecule has 1 saturated heterocycles. The summed E-state index contributed by atoms with van der Waals surface area (Å²) in [4.78, 5) is 0. The number of rotatable bonds is 3. The molecule has 0 aliphatic carbocycles. The largest absolute Gasteiger partial charge is 0.366 e. The maximum atomic E-state index is 6.21. The summed E-state index contributed by atoms with van der Waals surface area (Å²) in [6.45, 7) is 0. The zero-order valence-electron chi connectivity index (χ0n) is 11.6.